The van der Waals surface area contributed by atoms with Crippen LogP contribution in [0.15, 0.2) is 22.5 Å². The summed E-state index contributed by atoms with van der Waals surface area (Å²) in [6.45, 7) is 1.61. The van der Waals surface area contributed by atoms with Crippen molar-refractivity contribution in [2.45, 2.75) is 24.1 Å². The standard InChI is InChI=1S/C17H21N5O7S3/c1-11-6-7-12(22(25)26)9-13(11)21(32(3,27)28)8-4-5-14(23)18-16-19-20-17(31-16)30-10-15(24)29-2/h6-7,9H,4-5,8,10H2,1-3H3,(H,18,19,23). The summed E-state index contributed by atoms with van der Waals surface area (Å²) in [5.41, 5.74) is 0.518. The molecule has 1 heterocycles. The summed E-state index contributed by atoms with van der Waals surface area (Å²) >= 11 is 2.22. The summed E-state index contributed by atoms with van der Waals surface area (Å²) in [7, 11) is -2.46. The van der Waals surface area contributed by atoms with E-state index in [0.29, 0.717) is 9.90 Å². The lowest BCUT2D eigenvalue weighted by Gasteiger charge is -2.23. The summed E-state index contributed by atoms with van der Waals surface area (Å²) in [6, 6.07) is 3.97. The summed E-state index contributed by atoms with van der Waals surface area (Å²) < 4.78 is 30.6. The first-order valence-corrected chi connectivity index (χ1v) is 12.7. The molecule has 1 amide bonds. The van der Waals surface area contributed by atoms with Crippen LogP contribution in [0.2, 0.25) is 0 Å². The van der Waals surface area contributed by atoms with E-state index in [1.807, 2.05) is 0 Å². The zero-order valence-electron chi connectivity index (χ0n) is 17.4. The highest BCUT2D eigenvalue weighted by Gasteiger charge is 2.22. The molecule has 2 rings (SSSR count). The highest BCUT2D eigenvalue weighted by molar-refractivity contribution is 8.01. The van der Waals surface area contributed by atoms with E-state index in [9.17, 15) is 28.1 Å². The number of rotatable bonds is 11. The van der Waals surface area contributed by atoms with Gasteiger partial charge in [0.05, 0.1) is 29.7 Å². The van der Waals surface area contributed by atoms with Crippen LogP contribution in [0.1, 0.15) is 18.4 Å². The second kappa shape index (κ2) is 11.2. The molecule has 15 heteroatoms. The molecule has 1 aromatic heterocycles. The smallest absolute Gasteiger partial charge is 0.316 e. The van der Waals surface area contributed by atoms with Crippen LogP contribution in [-0.2, 0) is 24.3 Å². The average molecular weight is 504 g/mol. The summed E-state index contributed by atoms with van der Waals surface area (Å²) in [6.07, 6.45) is 1.16. The third-order valence-electron chi connectivity index (χ3n) is 4.03. The molecule has 0 saturated carbocycles. The van der Waals surface area contributed by atoms with Crippen LogP contribution in [0, 0.1) is 17.0 Å². The van der Waals surface area contributed by atoms with E-state index in [0.717, 1.165) is 33.7 Å². The minimum absolute atomic E-state index is 0.00971. The second-order valence-electron chi connectivity index (χ2n) is 6.45. The number of aromatic nitrogens is 2. The number of nitrogens with one attached hydrogen (secondary N) is 1. The van der Waals surface area contributed by atoms with E-state index in [1.165, 1.54) is 25.3 Å². The molecule has 2 aromatic rings. The van der Waals surface area contributed by atoms with E-state index >= 15 is 0 Å². The molecule has 0 unspecified atom stereocenters. The number of carbonyl (C=O) groups is 2. The molecule has 0 fully saturated rings. The lowest BCUT2D eigenvalue weighted by Crippen LogP contribution is -2.32. The summed E-state index contributed by atoms with van der Waals surface area (Å²) in [5, 5.41) is 21.5. The van der Waals surface area contributed by atoms with Gasteiger partial charge < -0.3 is 10.1 Å². The number of carbonyl (C=O) groups excluding carboxylic acids is 2. The van der Waals surface area contributed by atoms with Crippen LogP contribution in [0.4, 0.5) is 16.5 Å². The fraction of sp³-hybridized carbons (Fsp3) is 0.412. The molecule has 0 aliphatic carbocycles. The zero-order valence-corrected chi connectivity index (χ0v) is 19.9. The maximum atomic E-state index is 12.3. The normalized spacial score (nSPS) is 11.1. The third kappa shape index (κ3) is 7.42. The molecule has 1 N–H and O–H groups in total. The van der Waals surface area contributed by atoms with Gasteiger partial charge in [0.2, 0.25) is 21.1 Å². The molecule has 0 saturated heterocycles. The van der Waals surface area contributed by atoms with Crippen molar-refractivity contribution in [1.82, 2.24) is 10.2 Å². The average Bonchev–Trinajstić information content (AvgIpc) is 3.16. The van der Waals surface area contributed by atoms with Gasteiger partial charge in [0, 0.05) is 25.1 Å². The topological polar surface area (TPSA) is 162 Å². The Kier molecular flexibility index (Phi) is 8.91. The molecule has 174 valence electrons. The largest absolute Gasteiger partial charge is 0.468 e. The zero-order chi connectivity index (χ0) is 23.9. The minimum Gasteiger partial charge on any atom is -0.468 e. The number of aryl methyl sites for hydroxylation is 1. The molecule has 0 aliphatic rings. The Bertz CT molecular complexity index is 1100. The molecule has 0 atom stereocenters. The number of ether oxygens (including phenoxy) is 1. The van der Waals surface area contributed by atoms with Gasteiger partial charge in [-0.15, -0.1) is 10.2 Å². The Hall–Kier alpha value is -2.78. The monoisotopic (exact) mass is 503 g/mol. The number of hydrogen-bond acceptors (Lipinski definition) is 11. The molecule has 0 spiro atoms. The van der Waals surface area contributed by atoms with Crippen molar-refractivity contribution in [3.8, 4) is 0 Å². The number of nitro benzene ring substituents is 1. The first-order valence-electron chi connectivity index (χ1n) is 9.07. The van der Waals surface area contributed by atoms with Crippen molar-refractivity contribution in [3.05, 3.63) is 33.9 Å². The lowest BCUT2D eigenvalue weighted by atomic mass is 10.1. The first-order chi connectivity index (χ1) is 15.0. The third-order valence-corrected chi connectivity index (χ3v) is 7.16. The number of non-ortho nitro benzene ring substituents is 1. The van der Waals surface area contributed by atoms with Crippen molar-refractivity contribution in [3.63, 3.8) is 0 Å². The van der Waals surface area contributed by atoms with E-state index in [1.54, 1.807) is 6.92 Å². The lowest BCUT2D eigenvalue weighted by molar-refractivity contribution is -0.384. The number of esters is 1. The van der Waals surface area contributed by atoms with Gasteiger partial charge in [0.1, 0.15) is 0 Å². The van der Waals surface area contributed by atoms with Gasteiger partial charge in [-0.1, -0.05) is 29.2 Å². The van der Waals surface area contributed by atoms with Crippen molar-refractivity contribution < 1.29 is 27.7 Å². The maximum Gasteiger partial charge on any atom is 0.316 e. The molecule has 0 radical (unpaired) electrons. The van der Waals surface area contributed by atoms with Gasteiger partial charge in [0.25, 0.3) is 5.69 Å². The molecule has 0 bridgehead atoms. The molecule has 12 nitrogen and oxygen atoms in total. The molecule has 0 aliphatic heterocycles. The van der Waals surface area contributed by atoms with Gasteiger partial charge in [-0.05, 0) is 18.9 Å². The van der Waals surface area contributed by atoms with E-state index in [4.69, 9.17) is 0 Å². The van der Waals surface area contributed by atoms with Crippen molar-refractivity contribution >= 4 is 61.5 Å². The van der Waals surface area contributed by atoms with Crippen molar-refractivity contribution in [2.75, 3.05) is 35.3 Å². The number of benzene rings is 1. The number of nitro groups is 1. The van der Waals surface area contributed by atoms with Gasteiger partial charge in [-0.3, -0.25) is 24.0 Å². The predicted octanol–water partition coefficient (Wildman–Crippen LogP) is 2.20. The predicted molar refractivity (Wildman–Crippen MR) is 121 cm³/mol. The number of sulfonamides is 1. The molecular formula is C17H21N5O7S3. The van der Waals surface area contributed by atoms with Crippen LogP contribution in [0.5, 0.6) is 0 Å². The number of nitrogens with zero attached hydrogens (tertiary/aromatic N) is 4. The Morgan fingerprint density at radius 1 is 1.34 bits per heavy atom. The number of anilines is 2. The van der Waals surface area contributed by atoms with Crippen LogP contribution in [0.25, 0.3) is 0 Å². The number of thioether (sulfide) groups is 1. The van der Waals surface area contributed by atoms with Gasteiger partial charge in [-0.2, -0.15) is 0 Å². The fourth-order valence-electron chi connectivity index (χ4n) is 2.51. The Labute approximate surface area is 192 Å². The molecule has 1 aromatic carbocycles. The first kappa shape index (κ1) is 25.5. The van der Waals surface area contributed by atoms with E-state index in [-0.39, 0.29) is 41.6 Å². The highest BCUT2D eigenvalue weighted by atomic mass is 32.2. The van der Waals surface area contributed by atoms with E-state index in [2.05, 4.69) is 20.3 Å². The number of hydrogen-bond donors (Lipinski definition) is 1. The second-order valence-corrected chi connectivity index (χ2v) is 10.6. The number of methoxy groups -OCH3 is 1. The highest BCUT2D eigenvalue weighted by Crippen LogP contribution is 2.28. The van der Waals surface area contributed by atoms with Gasteiger partial charge in [0.15, 0.2) is 4.34 Å². The molecular weight excluding hydrogens is 482 g/mol. The minimum atomic E-state index is -3.73. The van der Waals surface area contributed by atoms with Gasteiger partial charge in [-0.25, -0.2) is 8.42 Å². The van der Waals surface area contributed by atoms with Crippen molar-refractivity contribution in [1.29, 1.82) is 0 Å². The Morgan fingerprint density at radius 3 is 2.69 bits per heavy atom. The maximum absolute atomic E-state index is 12.3. The fourth-order valence-corrected chi connectivity index (χ4v) is 5.12. The van der Waals surface area contributed by atoms with Crippen LogP contribution in [-0.4, -0.2) is 61.1 Å². The SMILES string of the molecule is COC(=O)CSc1nnc(NC(=O)CCCN(c2cc([N+](=O)[O-])ccc2C)S(C)(=O)=O)s1. The van der Waals surface area contributed by atoms with Crippen molar-refractivity contribution in [2.24, 2.45) is 0 Å². The molecule has 32 heavy (non-hydrogen) atoms. The van der Waals surface area contributed by atoms with Gasteiger partial charge >= 0.3 is 5.97 Å². The van der Waals surface area contributed by atoms with Crippen LogP contribution in [0.3, 0.4) is 0 Å². The Morgan fingerprint density at radius 2 is 2.06 bits per heavy atom. The summed E-state index contributed by atoms with van der Waals surface area (Å²) in [5.74, 6) is -0.739. The number of amides is 1. The van der Waals surface area contributed by atoms with Crippen LogP contribution >= 0.6 is 23.1 Å². The quantitative estimate of drug-likeness (QED) is 0.158. The Balaban J connectivity index is 1.97. The van der Waals surface area contributed by atoms with E-state index < -0.39 is 26.8 Å². The van der Waals surface area contributed by atoms with Crippen LogP contribution < -0.4 is 9.62 Å². The summed E-state index contributed by atoms with van der Waals surface area (Å²) in [4.78, 5) is 33.8.